The second-order valence-electron chi connectivity index (χ2n) is 8.14. The van der Waals surface area contributed by atoms with Gasteiger partial charge in [0.05, 0.1) is 16.8 Å². The van der Waals surface area contributed by atoms with Crippen molar-refractivity contribution in [3.63, 3.8) is 0 Å². The maximum absolute atomic E-state index is 14.9. The fourth-order valence-electron chi connectivity index (χ4n) is 4.12. The van der Waals surface area contributed by atoms with E-state index >= 15 is 0 Å². The molecule has 10 heteroatoms. The molecule has 2 aromatic rings. The largest absolute Gasteiger partial charge is 0.371 e. The Labute approximate surface area is 187 Å². The molecule has 1 saturated heterocycles. The zero-order chi connectivity index (χ0) is 24.0. The summed E-state index contributed by atoms with van der Waals surface area (Å²) in [6.45, 7) is 2.06. The number of likely N-dealkylation sites (N-methyl/N-ethyl adjacent to an activating group) is 1. The van der Waals surface area contributed by atoms with Crippen molar-refractivity contribution in [2.24, 2.45) is 0 Å². The number of nitrogens with one attached hydrogen (secondary N) is 1. The summed E-state index contributed by atoms with van der Waals surface area (Å²) in [5.41, 5.74) is -0.147. The first-order valence-electron chi connectivity index (χ1n) is 10.3. The van der Waals surface area contributed by atoms with Crippen LogP contribution in [-0.2, 0) is 16.0 Å². The molecule has 0 spiro atoms. The number of aryl methyl sites for hydroxylation is 1. The van der Waals surface area contributed by atoms with Gasteiger partial charge < -0.3 is 4.90 Å². The summed E-state index contributed by atoms with van der Waals surface area (Å²) in [5, 5.41) is 2.01. The summed E-state index contributed by atoms with van der Waals surface area (Å²) in [5.74, 6) is -9.09. The summed E-state index contributed by atoms with van der Waals surface area (Å²) in [7, 11) is 1.40. The van der Waals surface area contributed by atoms with Crippen molar-refractivity contribution < 1.29 is 32.3 Å². The average molecular weight is 459 g/mol. The van der Waals surface area contributed by atoms with Crippen molar-refractivity contribution in [1.29, 1.82) is 0 Å². The molecule has 0 radical (unpaired) electrons. The van der Waals surface area contributed by atoms with Crippen LogP contribution in [0.1, 0.15) is 44.7 Å². The van der Waals surface area contributed by atoms with Crippen molar-refractivity contribution in [1.82, 2.24) is 10.2 Å². The Morgan fingerprint density at radius 1 is 0.970 bits per heavy atom. The maximum atomic E-state index is 14.9. The number of halogens is 3. The van der Waals surface area contributed by atoms with E-state index in [1.807, 2.05) is 36.5 Å². The van der Waals surface area contributed by atoms with E-state index in [9.17, 15) is 32.3 Å². The molecule has 1 fully saturated rings. The van der Waals surface area contributed by atoms with Gasteiger partial charge in [-0.25, -0.2) is 13.2 Å². The lowest BCUT2D eigenvalue weighted by Gasteiger charge is -2.28. The van der Waals surface area contributed by atoms with Crippen molar-refractivity contribution in [2.45, 2.75) is 32.2 Å². The van der Waals surface area contributed by atoms with Gasteiger partial charge in [-0.15, -0.1) is 0 Å². The van der Waals surface area contributed by atoms with E-state index in [4.69, 9.17) is 0 Å². The fraction of sp³-hybridized carbons (Fsp3) is 0.304. The summed E-state index contributed by atoms with van der Waals surface area (Å²) < 4.78 is 43.9. The minimum Gasteiger partial charge on any atom is -0.371 e. The van der Waals surface area contributed by atoms with Gasteiger partial charge in [0, 0.05) is 20.0 Å². The van der Waals surface area contributed by atoms with Crippen LogP contribution in [-0.4, -0.2) is 48.2 Å². The van der Waals surface area contributed by atoms with Gasteiger partial charge in [-0.05, 0) is 25.3 Å². The Morgan fingerprint density at radius 2 is 1.61 bits per heavy atom. The summed E-state index contributed by atoms with van der Waals surface area (Å²) in [6, 6.07) is 6.14. The molecule has 0 bridgehead atoms. The number of anilines is 1. The second-order valence-corrected chi connectivity index (χ2v) is 8.14. The zero-order valence-electron chi connectivity index (χ0n) is 17.9. The van der Waals surface area contributed by atoms with Gasteiger partial charge in [0.25, 0.3) is 11.8 Å². The molecule has 0 aliphatic carbocycles. The first-order chi connectivity index (χ1) is 15.6. The summed E-state index contributed by atoms with van der Waals surface area (Å²) >= 11 is 0. The number of amides is 4. The normalized spacial score (nSPS) is 18.0. The van der Waals surface area contributed by atoms with Gasteiger partial charge in [-0.1, -0.05) is 29.8 Å². The highest BCUT2D eigenvalue weighted by Crippen LogP contribution is 2.39. The van der Waals surface area contributed by atoms with Gasteiger partial charge in [0.1, 0.15) is 6.04 Å². The van der Waals surface area contributed by atoms with Crippen LogP contribution < -0.4 is 10.2 Å². The Kier molecular flexibility index (Phi) is 5.69. The molecule has 0 aromatic heterocycles. The number of piperidine rings is 1. The molecule has 33 heavy (non-hydrogen) atoms. The van der Waals surface area contributed by atoms with Crippen molar-refractivity contribution in [2.75, 3.05) is 18.5 Å². The van der Waals surface area contributed by atoms with Crippen LogP contribution in [0.5, 0.6) is 0 Å². The summed E-state index contributed by atoms with van der Waals surface area (Å²) in [6.07, 6.45) is 0.0998. The highest BCUT2D eigenvalue weighted by Gasteiger charge is 2.49. The Bertz CT molecular complexity index is 1200. The van der Waals surface area contributed by atoms with E-state index in [0.717, 1.165) is 11.1 Å². The molecule has 1 unspecified atom stereocenters. The average Bonchev–Trinajstić information content (AvgIpc) is 3.02. The smallest absolute Gasteiger partial charge is 0.265 e. The second kappa shape index (κ2) is 8.34. The third-order valence-electron chi connectivity index (χ3n) is 5.92. The molecule has 2 aliphatic rings. The highest BCUT2D eigenvalue weighted by molar-refractivity contribution is 6.25. The molecule has 2 aliphatic heterocycles. The predicted molar refractivity (Wildman–Crippen MR) is 111 cm³/mol. The first-order valence-corrected chi connectivity index (χ1v) is 10.3. The molecular formula is C23H20F3N3O4. The van der Waals surface area contributed by atoms with Crippen LogP contribution in [0.3, 0.4) is 0 Å². The zero-order valence-corrected chi connectivity index (χ0v) is 17.9. The molecule has 4 rings (SSSR count). The van der Waals surface area contributed by atoms with E-state index in [-0.39, 0.29) is 19.4 Å². The van der Waals surface area contributed by atoms with Gasteiger partial charge in [0.15, 0.2) is 17.5 Å². The monoisotopic (exact) mass is 459 g/mol. The Morgan fingerprint density at radius 3 is 2.24 bits per heavy atom. The number of carbonyl (C=O) groups is 4. The van der Waals surface area contributed by atoms with E-state index in [1.54, 1.807) is 0 Å². The number of hydrogen-bond donors (Lipinski definition) is 1. The lowest BCUT2D eigenvalue weighted by molar-refractivity contribution is -0.136. The van der Waals surface area contributed by atoms with E-state index in [0.29, 0.717) is 11.3 Å². The Balaban J connectivity index is 1.71. The van der Waals surface area contributed by atoms with Crippen molar-refractivity contribution in [3.8, 4) is 0 Å². The van der Waals surface area contributed by atoms with Gasteiger partial charge in [0.2, 0.25) is 11.8 Å². The number of rotatable bonds is 5. The van der Waals surface area contributed by atoms with Gasteiger partial charge in [-0.3, -0.25) is 29.4 Å². The number of carbonyl (C=O) groups excluding carboxylic acids is 4. The minimum absolute atomic E-state index is 0.136. The number of fused-ring (bicyclic) bond motifs is 1. The molecular weight excluding hydrogens is 439 g/mol. The molecule has 1 N–H and O–H groups in total. The lowest BCUT2D eigenvalue weighted by Crippen LogP contribution is -2.54. The van der Waals surface area contributed by atoms with Crippen LogP contribution in [0, 0.1) is 24.4 Å². The SMILES string of the molecule is Cc1ccc(CCN(C)c2c(F)c(F)c(F)c3c2C(=O)N(C2CCC(=O)NC2=O)C3=O)cc1. The van der Waals surface area contributed by atoms with E-state index in [2.05, 4.69) is 0 Å². The number of imide groups is 2. The molecule has 4 amide bonds. The molecule has 7 nitrogen and oxygen atoms in total. The van der Waals surface area contributed by atoms with E-state index in [1.165, 1.54) is 11.9 Å². The van der Waals surface area contributed by atoms with Crippen LogP contribution in [0.15, 0.2) is 24.3 Å². The minimum atomic E-state index is -1.88. The maximum Gasteiger partial charge on any atom is 0.265 e. The quantitative estimate of drug-likeness (QED) is 0.549. The highest BCUT2D eigenvalue weighted by atomic mass is 19.2. The predicted octanol–water partition coefficient (Wildman–Crippen LogP) is 2.49. The number of hydrogen-bond acceptors (Lipinski definition) is 5. The van der Waals surface area contributed by atoms with Gasteiger partial charge >= 0.3 is 0 Å². The topological polar surface area (TPSA) is 86.8 Å². The van der Waals surface area contributed by atoms with E-state index < -0.39 is 63.9 Å². The van der Waals surface area contributed by atoms with Crippen LogP contribution in [0.25, 0.3) is 0 Å². The summed E-state index contributed by atoms with van der Waals surface area (Å²) in [4.78, 5) is 51.4. The van der Waals surface area contributed by atoms with Crippen LogP contribution >= 0.6 is 0 Å². The molecule has 1 atom stereocenters. The van der Waals surface area contributed by atoms with Crippen LogP contribution in [0.4, 0.5) is 18.9 Å². The first kappa shape index (κ1) is 22.5. The molecule has 2 heterocycles. The van der Waals surface area contributed by atoms with Crippen molar-refractivity contribution >= 4 is 29.3 Å². The van der Waals surface area contributed by atoms with Gasteiger partial charge in [-0.2, -0.15) is 0 Å². The molecule has 172 valence electrons. The standard InChI is InChI=1S/C23H20F3N3O4/c1-11-3-5-12(6-4-11)9-10-28(2)20-16-15(17(24)18(25)19(20)26)22(32)29(23(16)33)13-7-8-14(30)27-21(13)31/h3-6,13H,7-10H2,1-2H3,(H,27,30,31). The third-order valence-corrected chi connectivity index (χ3v) is 5.92. The number of nitrogens with zero attached hydrogens (tertiary/aromatic N) is 2. The molecule has 0 saturated carbocycles. The fourth-order valence-corrected chi connectivity index (χ4v) is 4.12. The lowest BCUT2D eigenvalue weighted by atomic mass is 10.0. The molecule has 2 aromatic carbocycles. The third kappa shape index (κ3) is 3.75. The number of benzene rings is 2. The Hall–Kier alpha value is -3.69. The van der Waals surface area contributed by atoms with Crippen molar-refractivity contribution in [3.05, 3.63) is 64.0 Å². The van der Waals surface area contributed by atoms with Crippen LogP contribution in [0.2, 0.25) is 0 Å².